The van der Waals surface area contributed by atoms with Crippen LogP contribution < -0.4 is 9.47 Å². The summed E-state index contributed by atoms with van der Waals surface area (Å²) in [6.45, 7) is 2.06. The average molecular weight is 269 g/mol. The van der Waals surface area contributed by atoms with Crippen LogP contribution in [-0.4, -0.2) is 28.6 Å². The molecule has 102 valence electrons. The molecule has 5 heteroatoms. The van der Waals surface area contributed by atoms with Crippen molar-refractivity contribution in [2.45, 2.75) is 6.92 Å². The van der Waals surface area contributed by atoms with Gasteiger partial charge in [0.2, 0.25) is 17.5 Å². The van der Waals surface area contributed by atoms with E-state index in [1.54, 1.807) is 20.3 Å². The number of imidazole rings is 1. The van der Waals surface area contributed by atoms with Crippen LogP contribution in [0.2, 0.25) is 0 Å². The number of rotatable bonds is 3. The van der Waals surface area contributed by atoms with Crippen LogP contribution in [0.3, 0.4) is 0 Å². The molecule has 0 radical (unpaired) electrons. The summed E-state index contributed by atoms with van der Waals surface area (Å²) in [5, 5.41) is 0. The molecule has 0 atom stereocenters. The second kappa shape index (κ2) is 4.85. The lowest BCUT2D eigenvalue weighted by Gasteiger charge is -2.04. The number of aryl methyl sites for hydroxylation is 1. The maximum atomic E-state index is 5.35. The first-order valence-corrected chi connectivity index (χ1v) is 6.27. The molecule has 3 aromatic rings. The standard InChI is InChI=1S/C15H15N3O2/c1-10-6-4-5-7-11(10)12-9-18-14(20-3)8-13(19-2)17-15(18)16-12/h4-9H,1-3H3. The molecule has 0 amide bonds. The van der Waals surface area contributed by atoms with Gasteiger partial charge >= 0.3 is 0 Å². The van der Waals surface area contributed by atoms with Crippen molar-refractivity contribution in [1.82, 2.24) is 14.4 Å². The summed E-state index contributed by atoms with van der Waals surface area (Å²) in [6.07, 6.45) is 1.92. The average Bonchev–Trinajstić information content (AvgIpc) is 2.90. The highest BCUT2D eigenvalue weighted by molar-refractivity contribution is 5.65. The highest BCUT2D eigenvalue weighted by atomic mass is 16.5. The number of hydrogen-bond donors (Lipinski definition) is 0. The monoisotopic (exact) mass is 269 g/mol. The Labute approximate surface area is 116 Å². The number of fused-ring (bicyclic) bond motifs is 1. The molecule has 2 heterocycles. The Hall–Kier alpha value is -2.56. The largest absolute Gasteiger partial charge is 0.482 e. The van der Waals surface area contributed by atoms with E-state index in [-0.39, 0.29) is 0 Å². The molecule has 0 unspecified atom stereocenters. The Bertz CT molecular complexity index is 765. The Kier molecular flexibility index (Phi) is 3.02. The Morgan fingerprint density at radius 1 is 1.05 bits per heavy atom. The molecular formula is C15H15N3O2. The second-order valence-corrected chi connectivity index (χ2v) is 4.45. The fraction of sp³-hybridized carbons (Fsp3) is 0.200. The first-order valence-electron chi connectivity index (χ1n) is 6.27. The third-order valence-corrected chi connectivity index (χ3v) is 3.22. The normalized spacial score (nSPS) is 10.8. The molecule has 0 aliphatic rings. The van der Waals surface area contributed by atoms with Crippen molar-refractivity contribution in [3.8, 4) is 23.0 Å². The summed E-state index contributed by atoms with van der Waals surface area (Å²) in [5.41, 5.74) is 3.11. The van der Waals surface area contributed by atoms with Crippen LogP contribution in [0.5, 0.6) is 11.8 Å². The molecule has 0 aliphatic carbocycles. The van der Waals surface area contributed by atoms with E-state index in [1.165, 1.54) is 5.56 Å². The van der Waals surface area contributed by atoms with Crippen LogP contribution in [0.15, 0.2) is 36.5 Å². The molecular weight excluding hydrogens is 254 g/mol. The molecule has 2 aromatic heterocycles. The molecule has 0 bridgehead atoms. The fourth-order valence-corrected chi connectivity index (χ4v) is 2.17. The molecule has 0 aliphatic heterocycles. The molecule has 5 nitrogen and oxygen atoms in total. The lowest BCUT2D eigenvalue weighted by atomic mass is 10.1. The van der Waals surface area contributed by atoms with Crippen LogP contribution in [0.25, 0.3) is 17.0 Å². The van der Waals surface area contributed by atoms with Gasteiger partial charge in [-0.05, 0) is 12.5 Å². The summed E-state index contributed by atoms with van der Waals surface area (Å²) in [6, 6.07) is 9.84. The van der Waals surface area contributed by atoms with Gasteiger partial charge in [0.05, 0.1) is 26.0 Å². The summed E-state index contributed by atoms with van der Waals surface area (Å²) in [7, 11) is 3.19. The number of methoxy groups -OCH3 is 2. The SMILES string of the molecule is COc1cc(OC)n2cc(-c3ccccc3C)nc2n1. The van der Waals surface area contributed by atoms with E-state index < -0.39 is 0 Å². The van der Waals surface area contributed by atoms with Crippen molar-refractivity contribution in [2.24, 2.45) is 0 Å². The van der Waals surface area contributed by atoms with E-state index >= 15 is 0 Å². The minimum atomic E-state index is 0.483. The van der Waals surface area contributed by atoms with Crippen LogP contribution in [0.4, 0.5) is 0 Å². The number of aromatic nitrogens is 3. The van der Waals surface area contributed by atoms with Crippen LogP contribution in [0.1, 0.15) is 5.56 Å². The lowest BCUT2D eigenvalue weighted by molar-refractivity contribution is 0.369. The number of benzene rings is 1. The van der Waals surface area contributed by atoms with Crippen LogP contribution >= 0.6 is 0 Å². The Balaban J connectivity index is 2.22. The maximum absolute atomic E-state index is 5.35. The van der Waals surface area contributed by atoms with E-state index in [9.17, 15) is 0 Å². The van der Waals surface area contributed by atoms with Gasteiger partial charge in [0.25, 0.3) is 0 Å². The first-order chi connectivity index (χ1) is 9.72. The van der Waals surface area contributed by atoms with Crippen LogP contribution in [-0.2, 0) is 0 Å². The van der Waals surface area contributed by atoms with Crippen LogP contribution in [0, 0.1) is 6.92 Å². The zero-order chi connectivity index (χ0) is 14.1. The van der Waals surface area contributed by atoms with Gasteiger partial charge in [0.15, 0.2) is 0 Å². The molecule has 1 aromatic carbocycles. The summed E-state index contributed by atoms with van der Waals surface area (Å²) >= 11 is 0. The minimum absolute atomic E-state index is 0.483. The van der Waals surface area contributed by atoms with Gasteiger partial charge in [0, 0.05) is 11.8 Å². The predicted octanol–water partition coefficient (Wildman–Crippen LogP) is 2.72. The Morgan fingerprint density at radius 2 is 1.85 bits per heavy atom. The highest BCUT2D eigenvalue weighted by Crippen LogP contribution is 2.26. The maximum Gasteiger partial charge on any atom is 0.240 e. The first kappa shape index (κ1) is 12.5. The smallest absolute Gasteiger partial charge is 0.240 e. The number of hydrogen-bond acceptors (Lipinski definition) is 4. The number of ether oxygens (including phenoxy) is 2. The predicted molar refractivity (Wildman–Crippen MR) is 76.3 cm³/mol. The van der Waals surface area contributed by atoms with Crippen molar-refractivity contribution < 1.29 is 9.47 Å². The topological polar surface area (TPSA) is 48.7 Å². The van der Waals surface area contributed by atoms with E-state index in [0.717, 1.165) is 11.3 Å². The third kappa shape index (κ3) is 1.97. The van der Waals surface area contributed by atoms with Gasteiger partial charge in [-0.3, -0.25) is 4.40 Å². The molecule has 3 rings (SSSR count). The summed E-state index contributed by atoms with van der Waals surface area (Å²) < 4.78 is 12.3. The summed E-state index contributed by atoms with van der Waals surface area (Å²) in [4.78, 5) is 8.88. The van der Waals surface area contributed by atoms with E-state index in [2.05, 4.69) is 23.0 Å². The van der Waals surface area contributed by atoms with Gasteiger partial charge in [-0.2, -0.15) is 4.98 Å². The minimum Gasteiger partial charge on any atom is -0.482 e. The van der Waals surface area contributed by atoms with Gasteiger partial charge in [-0.15, -0.1) is 0 Å². The van der Waals surface area contributed by atoms with Crippen molar-refractivity contribution >= 4 is 5.78 Å². The van der Waals surface area contributed by atoms with E-state index in [0.29, 0.717) is 17.5 Å². The number of nitrogens with zero attached hydrogens (tertiary/aromatic N) is 3. The van der Waals surface area contributed by atoms with Gasteiger partial charge in [0.1, 0.15) is 0 Å². The highest BCUT2D eigenvalue weighted by Gasteiger charge is 2.12. The third-order valence-electron chi connectivity index (χ3n) is 3.22. The second-order valence-electron chi connectivity index (χ2n) is 4.45. The van der Waals surface area contributed by atoms with Crippen molar-refractivity contribution in [3.63, 3.8) is 0 Å². The summed E-state index contributed by atoms with van der Waals surface area (Å²) in [5.74, 6) is 1.68. The quantitative estimate of drug-likeness (QED) is 0.733. The zero-order valence-electron chi connectivity index (χ0n) is 11.6. The molecule has 0 fully saturated rings. The van der Waals surface area contributed by atoms with Gasteiger partial charge in [-0.1, -0.05) is 24.3 Å². The molecule has 0 spiro atoms. The van der Waals surface area contributed by atoms with E-state index in [4.69, 9.17) is 9.47 Å². The van der Waals surface area contributed by atoms with E-state index in [1.807, 2.05) is 28.8 Å². The van der Waals surface area contributed by atoms with Gasteiger partial charge in [-0.25, -0.2) is 4.98 Å². The van der Waals surface area contributed by atoms with Crippen molar-refractivity contribution in [2.75, 3.05) is 14.2 Å². The van der Waals surface area contributed by atoms with Crippen molar-refractivity contribution in [3.05, 3.63) is 42.1 Å². The Morgan fingerprint density at radius 3 is 2.55 bits per heavy atom. The molecule has 20 heavy (non-hydrogen) atoms. The van der Waals surface area contributed by atoms with Crippen molar-refractivity contribution in [1.29, 1.82) is 0 Å². The zero-order valence-corrected chi connectivity index (χ0v) is 11.6. The molecule has 0 N–H and O–H groups in total. The lowest BCUT2D eigenvalue weighted by Crippen LogP contribution is -1.97. The fourth-order valence-electron chi connectivity index (χ4n) is 2.17. The molecule has 0 saturated carbocycles. The van der Waals surface area contributed by atoms with Gasteiger partial charge < -0.3 is 9.47 Å². The molecule has 0 saturated heterocycles.